The van der Waals surface area contributed by atoms with E-state index in [1.165, 1.54) is 37.4 Å². The first kappa shape index (κ1) is 19.2. The number of benzene rings is 2. The van der Waals surface area contributed by atoms with E-state index in [2.05, 4.69) is 10.0 Å². The van der Waals surface area contributed by atoms with E-state index in [0.717, 1.165) is 0 Å². The smallest absolute Gasteiger partial charge is 0.259 e. The van der Waals surface area contributed by atoms with E-state index in [0.29, 0.717) is 29.4 Å². The molecule has 2 rings (SSSR count). The fourth-order valence-corrected chi connectivity index (χ4v) is 3.40. The summed E-state index contributed by atoms with van der Waals surface area (Å²) in [7, 11) is -2.07. The van der Waals surface area contributed by atoms with Gasteiger partial charge in [-0.05, 0) is 48.9 Å². The predicted octanol–water partition coefficient (Wildman–Crippen LogP) is 3.29. The summed E-state index contributed by atoms with van der Waals surface area (Å²) in [5, 5.41) is 3.10. The van der Waals surface area contributed by atoms with Gasteiger partial charge in [0, 0.05) is 17.3 Å². The molecule has 0 aliphatic heterocycles. The van der Waals surface area contributed by atoms with Gasteiger partial charge in [0.15, 0.2) is 0 Å². The Morgan fingerprint density at radius 1 is 1.16 bits per heavy atom. The Labute approximate surface area is 152 Å². The van der Waals surface area contributed by atoms with Gasteiger partial charge in [-0.2, -0.15) is 0 Å². The Hall–Kier alpha value is -2.09. The van der Waals surface area contributed by atoms with Crippen LogP contribution < -0.4 is 14.8 Å². The predicted molar refractivity (Wildman–Crippen MR) is 97.9 cm³/mol. The van der Waals surface area contributed by atoms with Gasteiger partial charge < -0.3 is 10.1 Å². The molecule has 1 amide bonds. The maximum atomic E-state index is 12.4. The molecule has 0 saturated heterocycles. The lowest BCUT2D eigenvalue weighted by Crippen LogP contribution is -2.24. The van der Waals surface area contributed by atoms with Crippen LogP contribution in [0.2, 0.25) is 5.02 Å². The third-order valence-electron chi connectivity index (χ3n) is 3.37. The minimum absolute atomic E-state index is 0.138. The lowest BCUT2D eigenvalue weighted by molar-refractivity contribution is 0.102. The molecule has 0 heterocycles. The van der Waals surface area contributed by atoms with Gasteiger partial charge in [0.25, 0.3) is 5.91 Å². The SMILES string of the molecule is CCCNS(=O)(=O)c1ccc(NC(=O)c2cc(Cl)ccc2OC)cc1. The summed E-state index contributed by atoms with van der Waals surface area (Å²) < 4.78 is 31.7. The van der Waals surface area contributed by atoms with Crippen molar-refractivity contribution in [2.24, 2.45) is 0 Å². The van der Waals surface area contributed by atoms with E-state index in [1.54, 1.807) is 12.1 Å². The quantitative estimate of drug-likeness (QED) is 0.769. The number of amides is 1. The first-order valence-corrected chi connectivity index (χ1v) is 9.48. The molecule has 8 heteroatoms. The molecular formula is C17H19ClN2O4S. The van der Waals surface area contributed by atoms with Crippen molar-refractivity contribution < 1.29 is 17.9 Å². The van der Waals surface area contributed by atoms with Crippen molar-refractivity contribution in [3.63, 3.8) is 0 Å². The number of sulfonamides is 1. The van der Waals surface area contributed by atoms with Gasteiger partial charge in [0.2, 0.25) is 10.0 Å². The Morgan fingerprint density at radius 2 is 1.84 bits per heavy atom. The summed E-state index contributed by atoms with van der Waals surface area (Å²) in [5.41, 5.74) is 0.748. The average Bonchev–Trinajstić information content (AvgIpc) is 2.60. The number of nitrogens with one attached hydrogen (secondary N) is 2. The van der Waals surface area contributed by atoms with Crippen LogP contribution in [0.4, 0.5) is 5.69 Å². The number of halogens is 1. The lowest BCUT2D eigenvalue weighted by Gasteiger charge is -2.10. The summed E-state index contributed by atoms with van der Waals surface area (Å²) in [6, 6.07) is 10.6. The minimum atomic E-state index is -3.54. The Morgan fingerprint density at radius 3 is 2.44 bits per heavy atom. The summed E-state index contributed by atoms with van der Waals surface area (Å²) >= 11 is 5.92. The molecule has 6 nitrogen and oxygen atoms in total. The van der Waals surface area contributed by atoms with Crippen LogP contribution in [0.1, 0.15) is 23.7 Å². The second kappa shape index (κ2) is 8.33. The maximum Gasteiger partial charge on any atom is 0.259 e. The Kier molecular flexibility index (Phi) is 6.41. The van der Waals surface area contributed by atoms with E-state index in [1.807, 2.05) is 6.92 Å². The zero-order valence-corrected chi connectivity index (χ0v) is 15.4. The van der Waals surface area contributed by atoms with Crippen LogP contribution in [0.3, 0.4) is 0 Å². The maximum absolute atomic E-state index is 12.4. The standard InChI is InChI=1S/C17H19ClN2O4S/c1-3-10-19-25(22,23)14-7-5-13(6-8-14)20-17(21)15-11-12(18)4-9-16(15)24-2/h4-9,11,19H,3,10H2,1-2H3,(H,20,21). The summed E-state index contributed by atoms with van der Waals surface area (Å²) in [6.45, 7) is 2.25. The monoisotopic (exact) mass is 382 g/mol. The topological polar surface area (TPSA) is 84.5 Å². The third-order valence-corrected chi connectivity index (χ3v) is 5.08. The van der Waals surface area contributed by atoms with Gasteiger partial charge in [-0.1, -0.05) is 18.5 Å². The van der Waals surface area contributed by atoms with E-state index >= 15 is 0 Å². The van der Waals surface area contributed by atoms with Crippen LogP contribution in [0, 0.1) is 0 Å². The number of anilines is 1. The number of hydrogen-bond donors (Lipinski definition) is 2. The minimum Gasteiger partial charge on any atom is -0.496 e. The van der Waals surface area contributed by atoms with Crippen molar-refractivity contribution in [1.29, 1.82) is 0 Å². The van der Waals surface area contributed by atoms with Crippen molar-refractivity contribution >= 4 is 33.2 Å². The van der Waals surface area contributed by atoms with Crippen molar-refractivity contribution in [2.75, 3.05) is 19.0 Å². The van der Waals surface area contributed by atoms with Crippen LogP contribution in [0.15, 0.2) is 47.4 Å². The van der Waals surface area contributed by atoms with E-state index in [9.17, 15) is 13.2 Å². The number of carbonyl (C=O) groups is 1. The van der Waals surface area contributed by atoms with E-state index in [4.69, 9.17) is 16.3 Å². The second-order valence-corrected chi connectivity index (χ2v) is 7.42. The fraction of sp³-hybridized carbons (Fsp3) is 0.235. The van der Waals surface area contributed by atoms with Crippen LogP contribution in [0.25, 0.3) is 0 Å². The van der Waals surface area contributed by atoms with Gasteiger partial charge in [-0.25, -0.2) is 13.1 Å². The fourth-order valence-electron chi connectivity index (χ4n) is 2.09. The Balaban J connectivity index is 2.16. The summed E-state index contributed by atoms with van der Waals surface area (Å²) in [4.78, 5) is 12.5. The van der Waals surface area contributed by atoms with Crippen molar-refractivity contribution in [3.8, 4) is 5.75 Å². The summed E-state index contributed by atoms with van der Waals surface area (Å²) in [6.07, 6.45) is 0.703. The Bertz CT molecular complexity index is 851. The number of carbonyl (C=O) groups excluding carboxylic acids is 1. The normalized spacial score (nSPS) is 11.2. The average molecular weight is 383 g/mol. The molecule has 2 aromatic rings. The molecule has 25 heavy (non-hydrogen) atoms. The van der Waals surface area contributed by atoms with Gasteiger partial charge >= 0.3 is 0 Å². The van der Waals surface area contributed by atoms with Crippen molar-refractivity contribution in [3.05, 3.63) is 53.1 Å². The van der Waals surface area contributed by atoms with Crippen LogP contribution in [-0.2, 0) is 10.0 Å². The van der Waals surface area contributed by atoms with Gasteiger partial charge in [0.05, 0.1) is 17.6 Å². The second-order valence-electron chi connectivity index (χ2n) is 5.22. The first-order valence-electron chi connectivity index (χ1n) is 7.62. The molecule has 0 bridgehead atoms. The van der Waals surface area contributed by atoms with Gasteiger partial charge in [-0.3, -0.25) is 4.79 Å². The largest absolute Gasteiger partial charge is 0.496 e. The lowest BCUT2D eigenvalue weighted by atomic mass is 10.2. The van der Waals surface area contributed by atoms with Crippen LogP contribution in [-0.4, -0.2) is 28.0 Å². The zero-order valence-electron chi connectivity index (χ0n) is 13.9. The molecule has 134 valence electrons. The number of rotatable bonds is 7. The molecule has 0 aliphatic rings. The molecular weight excluding hydrogens is 364 g/mol. The number of hydrogen-bond acceptors (Lipinski definition) is 4. The molecule has 0 radical (unpaired) electrons. The number of methoxy groups -OCH3 is 1. The van der Waals surface area contributed by atoms with Crippen molar-refractivity contribution in [2.45, 2.75) is 18.2 Å². The molecule has 0 spiro atoms. The van der Waals surface area contributed by atoms with Gasteiger partial charge in [-0.15, -0.1) is 0 Å². The molecule has 0 aromatic heterocycles. The first-order chi connectivity index (χ1) is 11.9. The zero-order chi connectivity index (χ0) is 18.4. The van der Waals surface area contributed by atoms with Gasteiger partial charge in [0.1, 0.15) is 5.75 Å². The molecule has 0 fully saturated rings. The third kappa shape index (κ3) is 4.94. The van der Waals surface area contributed by atoms with E-state index < -0.39 is 15.9 Å². The molecule has 0 atom stereocenters. The molecule has 0 saturated carbocycles. The van der Waals surface area contributed by atoms with Crippen molar-refractivity contribution in [1.82, 2.24) is 4.72 Å². The van der Waals surface area contributed by atoms with Crippen LogP contribution in [0.5, 0.6) is 5.75 Å². The molecule has 2 aromatic carbocycles. The highest BCUT2D eigenvalue weighted by Crippen LogP contribution is 2.24. The summed E-state index contributed by atoms with van der Waals surface area (Å²) in [5.74, 6) is -0.0103. The molecule has 2 N–H and O–H groups in total. The highest BCUT2D eigenvalue weighted by atomic mass is 35.5. The highest BCUT2D eigenvalue weighted by Gasteiger charge is 2.15. The molecule has 0 aliphatic carbocycles. The number of ether oxygens (including phenoxy) is 1. The molecule has 0 unspecified atom stereocenters. The van der Waals surface area contributed by atoms with E-state index in [-0.39, 0.29) is 10.5 Å². The van der Waals surface area contributed by atoms with Crippen LogP contribution >= 0.6 is 11.6 Å². The highest BCUT2D eigenvalue weighted by molar-refractivity contribution is 7.89.